The molecule has 2 N–H and O–H groups in total. The lowest BCUT2D eigenvalue weighted by Crippen LogP contribution is -2.44. The SMILES string of the molecule is O=C1NC(=O)C2(CC=Cc3cnccc32)N1. The Balaban J connectivity index is 2.21. The van der Waals surface area contributed by atoms with E-state index in [0.717, 1.165) is 11.1 Å². The van der Waals surface area contributed by atoms with Crippen molar-refractivity contribution in [2.75, 3.05) is 0 Å². The van der Waals surface area contributed by atoms with E-state index in [9.17, 15) is 9.59 Å². The molecule has 5 nitrogen and oxygen atoms in total. The van der Waals surface area contributed by atoms with Crippen LogP contribution in [0, 0.1) is 0 Å². The number of carbonyl (C=O) groups is 2. The zero-order valence-electron chi connectivity index (χ0n) is 8.36. The predicted molar refractivity (Wildman–Crippen MR) is 56.2 cm³/mol. The van der Waals surface area contributed by atoms with Crippen LogP contribution in [0.25, 0.3) is 6.08 Å². The highest BCUT2D eigenvalue weighted by molar-refractivity contribution is 6.08. The molecule has 1 atom stereocenters. The average molecular weight is 215 g/mol. The summed E-state index contributed by atoms with van der Waals surface area (Å²) in [5, 5.41) is 4.97. The maximum absolute atomic E-state index is 11.9. The topological polar surface area (TPSA) is 71.1 Å². The average Bonchev–Trinajstić information content (AvgIpc) is 2.55. The Morgan fingerprint density at radius 1 is 1.38 bits per heavy atom. The van der Waals surface area contributed by atoms with Crippen LogP contribution in [0.15, 0.2) is 24.5 Å². The van der Waals surface area contributed by atoms with Gasteiger partial charge in [-0.15, -0.1) is 0 Å². The molecule has 0 aromatic carbocycles. The predicted octanol–water partition coefficient (Wildman–Crippen LogP) is 0.533. The molecule has 1 aliphatic heterocycles. The van der Waals surface area contributed by atoms with Gasteiger partial charge in [-0.05, 0) is 17.2 Å². The largest absolute Gasteiger partial charge is 0.322 e. The molecule has 1 aromatic heterocycles. The van der Waals surface area contributed by atoms with Gasteiger partial charge < -0.3 is 5.32 Å². The molecule has 0 saturated carbocycles. The quantitative estimate of drug-likeness (QED) is 0.620. The molecule has 0 bridgehead atoms. The van der Waals surface area contributed by atoms with Gasteiger partial charge >= 0.3 is 6.03 Å². The molecule has 2 heterocycles. The molecule has 2 aliphatic rings. The van der Waals surface area contributed by atoms with E-state index < -0.39 is 11.6 Å². The number of hydrogen-bond acceptors (Lipinski definition) is 3. The Kier molecular flexibility index (Phi) is 1.65. The van der Waals surface area contributed by atoms with Crippen LogP contribution in [0.3, 0.4) is 0 Å². The maximum Gasteiger partial charge on any atom is 0.322 e. The Hall–Kier alpha value is -2.17. The molecule has 3 rings (SSSR count). The van der Waals surface area contributed by atoms with Crippen LogP contribution in [-0.4, -0.2) is 16.9 Å². The van der Waals surface area contributed by atoms with Crippen molar-refractivity contribution in [2.24, 2.45) is 0 Å². The molecule has 1 saturated heterocycles. The second-order valence-electron chi connectivity index (χ2n) is 3.88. The van der Waals surface area contributed by atoms with Gasteiger partial charge in [0.2, 0.25) is 0 Å². The van der Waals surface area contributed by atoms with Crippen LogP contribution >= 0.6 is 0 Å². The molecular weight excluding hydrogens is 206 g/mol. The number of imide groups is 1. The monoisotopic (exact) mass is 215 g/mol. The van der Waals surface area contributed by atoms with Gasteiger partial charge in [-0.2, -0.15) is 0 Å². The fourth-order valence-electron chi connectivity index (χ4n) is 2.23. The minimum Gasteiger partial charge on any atom is -0.319 e. The number of nitrogens with one attached hydrogen (secondary N) is 2. The number of carbonyl (C=O) groups excluding carboxylic acids is 2. The van der Waals surface area contributed by atoms with Crippen LogP contribution in [-0.2, 0) is 10.3 Å². The van der Waals surface area contributed by atoms with Crippen molar-refractivity contribution < 1.29 is 9.59 Å². The van der Waals surface area contributed by atoms with Crippen molar-refractivity contribution in [3.8, 4) is 0 Å². The molecule has 1 unspecified atom stereocenters. The van der Waals surface area contributed by atoms with E-state index in [-0.39, 0.29) is 5.91 Å². The molecule has 5 heteroatoms. The van der Waals surface area contributed by atoms with E-state index in [0.29, 0.717) is 6.42 Å². The van der Waals surface area contributed by atoms with Gasteiger partial charge in [0, 0.05) is 18.8 Å². The minimum atomic E-state index is -0.940. The molecule has 1 aliphatic carbocycles. The Labute approximate surface area is 91.6 Å². The summed E-state index contributed by atoms with van der Waals surface area (Å²) >= 11 is 0. The van der Waals surface area contributed by atoms with Gasteiger partial charge in [0.05, 0.1) is 0 Å². The lowest BCUT2D eigenvalue weighted by atomic mass is 9.81. The molecule has 16 heavy (non-hydrogen) atoms. The van der Waals surface area contributed by atoms with Crippen molar-refractivity contribution in [1.82, 2.24) is 15.6 Å². The fraction of sp³-hybridized carbons (Fsp3) is 0.182. The summed E-state index contributed by atoms with van der Waals surface area (Å²) in [7, 11) is 0. The number of urea groups is 1. The normalized spacial score (nSPS) is 26.5. The summed E-state index contributed by atoms with van der Waals surface area (Å²) in [5.41, 5.74) is 0.726. The molecule has 3 amide bonds. The summed E-state index contributed by atoms with van der Waals surface area (Å²) in [6.45, 7) is 0. The van der Waals surface area contributed by atoms with Crippen molar-refractivity contribution in [1.29, 1.82) is 0 Å². The number of nitrogens with zero attached hydrogens (tertiary/aromatic N) is 1. The van der Waals surface area contributed by atoms with E-state index in [4.69, 9.17) is 0 Å². The lowest BCUT2D eigenvalue weighted by Gasteiger charge is -2.29. The van der Waals surface area contributed by atoms with Crippen molar-refractivity contribution in [3.63, 3.8) is 0 Å². The molecule has 1 fully saturated rings. The third-order valence-corrected chi connectivity index (χ3v) is 2.97. The van der Waals surface area contributed by atoms with E-state index >= 15 is 0 Å². The zero-order chi connectivity index (χ0) is 11.2. The Morgan fingerprint density at radius 2 is 2.25 bits per heavy atom. The second-order valence-corrected chi connectivity index (χ2v) is 3.88. The first kappa shape index (κ1) is 9.08. The van der Waals surface area contributed by atoms with E-state index in [1.54, 1.807) is 18.5 Å². The highest BCUT2D eigenvalue weighted by Crippen LogP contribution is 2.35. The standard InChI is InChI=1S/C11H9N3O2/c15-9-11(14-10(16)13-9)4-1-2-7-6-12-5-3-8(7)11/h1-3,5-6H,4H2,(H2,13,14,15,16). The highest BCUT2D eigenvalue weighted by Gasteiger charge is 2.48. The van der Waals surface area contributed by atoms with E-state index in [1.807, 2.05) is 12.2 Å². The van der Waals surface area contributed by atoms with Gasteiger partial charge in [0.15, 0.2) is 5.54 Å². The van der Waals surface area contributed by atoms with Gasteiger partial charge in [0.1, 0.15) is 0 Å². The summed E-state index contributed by atoms with van der Waals surface area (Å²) in [6.07, 6.45) is 7.56. The number of fused-ring (bicyclic) bond motifs is 2. The van der Waals surface area contributed by atoms with Gasteiger partial charge in [-0.25, -0.2) is 4.79 Å². The molecule has 1 spiro atoms. The summed E-state index contributed by atoms with van der Waals surface area (Å²) in [6, 6.07) is 1.33. The van der Waals surface area contributed by atoms with Crippen molar-refractivity contribution in [3.05, 3.63) is 35.7 Å². The molecular formula is C11H9N3O2. The minimum absolute atomic E-state index is 0.297. The molecule has 0 radical (unpaired) electrons. The van der Waals surface area contributed by atoms with Crippen LogP contribution < -0.4 is 10.6 Å². The van der Waals surface area contributed by atoms with Crippen molar-refractivity contribution in [2.45, 2.75) is 12.0 Å². The number of hydrogen-bond donors (Lipinski definition) is 2. The van der Waals surface area contributed by atoms with Crippen molar-refractivity contribution >= 4 is 18.0 Å². The zero-order valence-corrected chi connectivity index (χ0v) is 8.36. The fourth-order valence-corrected chi connectivity index (χ4v) is 2.23. The Morgan fingerprint density at radius 3 is 3.00 bits per heavy atom. The Bertz CT molecular complexity index is 524. The van der Waals surface area contributed by atoms with E-state index in [1.165, 1.54) is 0 Å². The lowest BCUT2D eigenvalue weighted by molar-refractivity contribution is -0.124. The third-order valence-electron chi connectivity index (χ3n) is 2.97. The number of amides is 3. The van der Waals surface area contributed by atoms with Crippen LogP contribution in [0.1, 0.15) is 17.5 Å². The summed E-state index contributed by atoms with van der Waals surface area (Å²) in [4.78, 5) is 27.1. The van der Waals surface area contributed by atoms with Gasteiger partial charge in [-0.1, -0.05) is 12.2 Å². The smallest absolute Gasteiger partial charge is 0.319 e. The highest BCUT2D eigenvalue weighted by atomic mass is 16.2. The van der Waals surface area contributed by atoms with Gasteiger partial charge in [-0.3, -0.25) is 15.1 Å². The number of rotatable bonds is 0. The third kappa shape index (κ3) is 1.02. The van der Waals surface area contributed by atoms with Crippen LogP contribution in [0.2, 0.25) is 0 Å². The van der Waals surface area contributed by atoms with Crippen LogP contribution in [0.5, 0.6) is 0 Å². The molecule has 1 aromatic rings. The summed E-state index contributed by atoms with van der Waals surface area (Å²) < 4.78 is 0. The first-order valence-electron chi connectivity index (χ1n) is 4.97. The first-order chi connectivity index (χ1) is 7.72. The maximum atomic E-state index is 11.9. The first-order valence-corrected chi connectivity index (χ1v) is 4.97. The molecule has 80 valence electrons. The van der Waals surface area contributed by atoms with E-state index in [2.05, 4.69) is 15.6 Å². The van der Waals surface area contributed by atoms with Gasteiger partial charge in [0.25, 0.3) is 5.91 Å². The summed E-state index contributed by atoms with van der Waals surface area (Å²) in [5.74, 6) is -0.297. The van der Waals surface area contributed by atoms with Crippen LogP contribution in [0.4, 0.5) is 4.79 Å². The number of aromatic nitrogens is 1. The number of pyridine rings is 1. The second kappa shape index (κ2) is 2.91.